The van der Waals surface area contributed by atoms with E-state index in [0.717, 1.165) is 18.7 Å². The van der Waals surface area contributed by atoms with Crippen LogP contribution in [0.25, 0.3) is 11.4 Å². The van der Waals surface area contributed by atoms with E-state index >= 15 is 0 Å². The summed E-state index contributed by atoms with van der Waals surface area (Å²) in [5.74, 6) is 1.25. The predicted molar refractivity (Wildman–Crippen MR) is 82.1 cm³/mol. The van der Waals surface area contributed by atoms with E-state index in [0.29, 0.717) is 29.3 Å². The molecule has 1 aromatic carbocycles. The molecule has 1 aromatic heterocycles. The van der Waals surface area contributed by atoms with E-state index in [1.807, 2.05) is 31.3 Å². The number of aromatic nitrogens is 2. The molecule has 1 N–H and O–H groups in total. The molecule has 0 spiro atoms. The molecule has 0 amide bonds. The van der Waals surface area contributed by atoms with Gasteiger partial charge in [-0.15, -0.1) is 0 Å². The minimum absolute atomic E-state index is 0.550. The van der Waals surface area contributed by atoms with Crippen molar-refractivity contribution in [3.63, 3.8) is 0 Å². The third kappa shape index (κ3) is 3.61. The highest BCUT2D eigenvalue weighted by molar-refractivity contribution is 6.30. The van der Waals surface area contributed by atoms with E-state index < -0.39 is 0 Å². The Balaban J connectivity index is 1.68. The Hall–Kier alpha value is -1.43. The van der Waals surface area contributed by atoms with Gasteiger partial charge in [-0.05, 0) is 38.6 Å². The molecule has 1 unspecified atom stereocenters. The summed E-state index contributed by atoms with van der Waals surface area (Å²) < 4.78 is 5.36. The first-order valence-electron chi connectivity index (χ1n) is 7.23. The van der Waals surface area contributed by atoms with Gasteiger partial charge in [0.1, 0.15) is 0 Å². The van der Waals surface area contributed by atoms with Gasteiger partial charge in [-0.2, -0.15) is 4.98 Å². The van der Waals surface area contributed by atoms with Crippen LogP contribution in [0.3, 0.4) is 0 Å². The highest BCUT2D eigenvalue weighted by Crippen LogP contribution is 2.20. The van der Waals surface area contributed by atoms with Crippen LogP contribution >= 0.6 is 11.6 Å². The zero-order valence-electron chi connectivity index (χ0n) is 12.1. The summed E-state index contributed by atoms with van der Waals surface area (Å²) in [7, 11) is 2.01. The summed E-state index contributed by atoms with van der Waals surface area (Å²) in [4.78, 5) is 6.82. The summed E-state index contributed by atoms with van der Waals surface area (Å²) in [6.07, 6.45) is 2.42. The van der Waals surface area contributed by atoms with Crippen molar-refractivity contribution in [2.75, 3.05) is 20.1 Å². The number of hydrogen-bond donors (Lipinski definition) is 1. The number of piperidine rings is 1. The lowest BCUT2D eigenvalue weighted by atomic mass is 10.1. The summed E-state index contributed by atoms with van der Waals surface area (Å²) in [5, 5.41) is 8.05. The summed E-state index contributed by atoms with van der Waals surface area (Å²) in [6, 6.07) is 8.04. The van der Waals surface area contributed by atoms with Gasteiger partial charge in [-0.3, -0.25) is 4.90 Å². The number of nitrogens with zero attached hydrogens (tertiary/aromatic N) is 3. The quantitative estimate of drug-likeness (QED) is 0.941. The van der Waals surface area contributed by atoms with Crippen LogP contribution in [-0.2, 0) is 6.54 Å². The van der Waals surface area contributed by atoms with Gasteiger partial charge in [-0.1, -0.05) is 28.9 Å². The van der Waals surface area contributed by atoms with Crippen molar-refractivity contribution in [1.29, 1.82) is 0 Å². The van der Waals surface area contributed by atoms with E-state index in [2.05, 4.69) is 20.4 Å². The Labute approximate surface area is 129 Å². The molecule has 6 heteroatoms. The second kappa shape index (κ2) is 6.56. The molecule has 0 aliphatic carbocycles. The molecular weight excluding hydrogens is 288 g/mol. The van der Waals surface area contributed by atoms with Crippen molar-refractivity contribution in [2.45, 2.75) is 25.4 Å². The third-order valence-electron chi connectivity index (χ3n) is 3.82. The predicted octanol–water partition coefficient (Wildman–Crippen LogP) is 2.57. The molecule has 3 rings (SSSR count). The van der Waals surface area contributed by atoms with E-state index in [9.17, 15) is 0 Å². The topological polar surface area (TPSA) is 54.2 Å². The average molecular weight is 307 g/mol. The van der Waals surface area contributed by atoms with Gasteiger partial charge in [0.2, 0.25) is 11.7 Å². The molecule has 0 saturated carbocycles. The maximum atomic E-state index is 5.99. The first-order valence-corrected chi connectivity index (χ1v) is 7.60. The van der Waals surface area contributed by atoms with Crippen molar-refractivity contribution in [2.24, 2.45) is 0 Å². The second-order valence-electron chi connectivity index (χ2n) is 5.39. The van der Waals surface area contributed by atoms with Crippen LogP contribution in [0.5, 0.6) is 0 Å². The van der Waals surface area contributed by atoms with Crippen LogP contribution in [0, 0.1) is 0 Å². The van der Waals surface area contributed by atoms with Crippen LogP contribution in [0.2, 0.25) is 5.02 Å². The zero-order valence-corrected chi connectivity index (χ0v) is 12.8. The molecule has 1 fully saturated rings. The lowest BCUT2D eigenvalue weighted by Crippen LogP contribution is -2.43. The van der Waals surface area contributed by atoms with Gasteiger partial charge in [0, 0.05) is 23.2 Å². The van der Waals surface area contributed by atoms with E-state index in [-0.39, 0.29) is 0 Å². The van der Waals surface area contributed by atoms with Gasteiger partial charge >= 0.3 is 0 Å². The number of hydrogen-bond acceptors (Lipinski definition) is 5. The van der Waals surface area contributed by atoms with Gasteiger partial charge in [0.05, 0.1) is 6.54 Å². The van der Waals surface area contributed by atoms with Crippen molar-refractivity contribution >= 4 is 11.6 Å². The van der Waals surface area contributed by atoms with Crippen LogP contribution in [0.15, 0.2) is 28.8 Å². The molecule has 1 aliphatic heterocycles. The molecule has 112 valence electrons. The largest absolute Gasteiger partial charge is 0.338 e. The summed E-state index contributed by atoms with van der Waals surface area (Å²) in [6.45, 7) is 2.80. The fourth-order valence-electron chi connectivity index (χ4n) is 2.69. The number of likely N-dealkylation sites (N-methyl/N-ethyl adjacent to an activating group) is 1. The fourth-order valence-corrected chi connectivity index (χ4v) is 2.88. The van der Waals surface area contributed by atoms with Crippen LogP contribution < -0.4 is 5.32 Å². The maximum Gasteiger partial charge on any atom is 0.241 e. The lowest BCUT2D eigenvalue weighted by Gasteiger charge is -2.31. The Kier molecular flexibility index (Phi) is 4.53. The lowest BCUT2D eigenvalue weighted by molar-refractivity contribution is 0.167. The highest BCUT2D eigenvalue weighted by Gasteiger charge is 2.20. The SMILES string of the molecule is CNC1CCCN(Cc2nc(-c3cccc(Cl)c3)no2)C1. The molecular formula is C15H19ClN4O. The van der Waals surface area contributed by atoms with Crippen molar-refractivity contribution in [1.82, 2.24) is 20.4 Å². The number of benzene rings is 1. The van der Waals surface area contributed by atoms with Crippen LogP contribution in [0.1, 0.15) is 18.7 Å². The molecule has 21 heavy (non-hydrogen) atoms. The summed E-state index contributed by atoms with van der Waals surface area (Å²) >= 11 is 5.99. The molecule has 5 nitrogen and oxygen atoms in total. The number of rotatable bonds is 4. The van der Waals surface area contributed by atoms with Gasteiger partial charge < -0.3 is 9.84 Å². The first kappa shape index (κ1) is 14.5. The van der Waals surface area contributed by atoms with Crippen LogP contribution in [-0.4, -0.2) is 41.2 Å². The minimum Gasteiger partial charge on any atom is -0.338 e. The van der Waals surface area contributed by atoms with Gasteiger partial charge in [0.15, 0.2) is 0 Å². The molecule has 2 heterocycles. The standard InChI is InChI=1S/C15H19ClN4O/c1-17-13-6-3-7-20(9-13)10-14-18-15(19-21-14)11-4-2-5-12(16)8-11/h2,4-5,8,13,17H,3,6-7,9-10H2,1H3. The van der Waals surface area contributed by atoms with Crippen molar-refractivity contribution in [3.05, 3.63) is 35.2 Å². The molecule has 0 radical (unpaired) electrons. The second-order valence-corrected chi connectivity index (χ2v) is 5.82. The fraction of sp³-hybridized carbons (Fsp3) is 0.467. The number of nitrogens with one attached hydrogen (secondary N) is 1. The normalized spacial score (nSPS) is 19.8. The molecule has 2 aromatic rings. The minimum atomic E-state index is 0.550. The monoisotopic (exact) mass is 306 g/mol. The molecule has 1 atom stereocenters. The molecule has 1 aliphatic rings. The Morgan fingerprint density at radius 2 is 2.38 bits per heavy atom. The Morgan fingerprint density at radius 1 is 1.48 bits per heavy atom. The number of halogens is 1. The van der Waals surface area contributed by atoms with Crippen molar-refractivity contribution < 1.29 is 4.52 Å². The smallest absolute Gasteiger partial charge is 0.241 e. The molecule has 1 saturated heterocycles. The van der Waals surface area contributed by atoms with Gasteiger partial charge in [-0.25, -0.2) is 0 Å². The molecule has 0 bridgehead atoms. The van der Waals surface area contributed by atoms with Crippen LogP contribution in [0.4, 0.5) is 0 Å². The number of likely N-dealkylation sites (tertiary alicyclic amines) is 1. The van der Waals surface area contributed by atoms with E-state index in [1.165, 1.54) is 12.8 Å². The third-order valence-corrected chi connectivity index (χ3v) is 4.06. The summed E-state index contributed by atoms with van der Waals surface area (Å²) in [5.41, 5.74) is 0.879. The van der Waals surface area contributed by atoms with E-state index in [1.54, 1.807) is 0 Å². The van der Waals surface area contributed by atoms with E-state index in [4.69, 9.17) is 16.1 Å². The highest BCUT2D eigenvalue weighted by atomic mass is 35.5. The average Bonchev–Trinajstić information content (AvgIpc) is 2.96. The maximum absolute atomic E-state index is 5.99. The Morgan fingerprint density at radius 3 is 3.19 bits per heavy atom. The zero-order chi connectivity index (χ0) is 14.7. The van der Waals surface area contributed by atoms with Crippen molar-refractivity contribution in [3.8, 4) is 11.4 Å². The first-order chi connectivity index (χ1) is 10.2. The van der Waals surface area contributed by atoms with Gasteiger partial charge in [0.25, 0.3) is 0 Å². The Bertz CT molecular complexity index is 601.